The van der Waals surface area contributed by atoms with Crippen LogP contribution in [0.2, 0.25) is 0 Å². The molecule has 0 radical (unpaired) electrons. The summed E-state index contributed by atoms with van der Waals surface area (Å²) in [6.45, 7) is 0. The lowest BCUT2D eigenvalue weighted by molar-refractivity contribution is 0.102. The SMILES string of the molecule is COc1ccc(N)c(C(=O)Nc2c(F)cccc2Br)c1. The highest BCUT2D eigenvalue weighted by Crippen LogP contribution is 2.27. The standard InChI is InChI=1S/C14H12BrFN2O2/c1-20-8-5-6-12(17)9(7-8)14(19)18-13-10(15)3-2-4-11(13)16/h2-7H,17H2,1H3,(H,18,19). The van der Waals surface area contributed by atoms with E-state index >= 15 is 0 Å². The van der Waals surface area contributed by atoms with Crippen LogP contribution >= 0.6 is 15.9 Å². The summed E-state index contributed by atoms with van der Waals surface area (Å²) in [6.07, 6.45) is 0. The molecule has 0 aromatic heterocycles. The molecule has 4 nitrogen and oxygen atoms in total. The molecule has 0 aliphatic heterocycles. The molecule has 0 spiro atoms. The summed E-state index contributed by atoms with van der Waals surface area (Å²) in [6, 6.07) is 9.13. The average Bonchev–Trinajstić information content (AvgIpc) is 2.43. The first-order valence-electron chi connectivity index (χ1n) is 5.72. The molecule has 2 rings (SSSR count). The van der Waals surface area contributed by atoms with Gasteiger partial charge >= 0.3 is 0 Å². The minimum atomic E-state index is -0.533. The number of hydrogen-bond donors (Lipinski definition) is 2. The quantitative estimate of drug-likeness (QED) is 0.842. The molecule has 2 aromatic rings. The zero-order valence-electron chi connectivity index (χ0n) is 10.6. The van der Waals surface area contributed by atoms with Crippen LogP contribution in [-0.2, 0) is 0 Å². The Labute approximate surface area is 123 Å². The molecule has 0 unspecified atom stereocenters. The van der Waals surface area contributed by atoms with Crippen molar-refractivity contribution in [2.75, 3.05) is 18.2 Å². The summed E-state index contributed by atoms with van der Waals surface area (Å²) in [5.41, 5.74) is 6.33. The number of carbonyl (C=O) groups is 1. The second-order valence-electron chi connectivity index (χ2n) is 4.00. The summed E-state index contributed by atoms with van der Waals surface area (Å²) < 4.78 is 19.2. The van der Waals surface area contributed by atoms with Gasteiger partial charge in [0.05, 0.1) is 18.4 Å². The highest BCUT2D eigenvalue weighted by molar-refractivity contribution is 9.10. The van der Waals surface area contributed by atoms with Gasteiger partial charge in [-0.2, -0.15) is 0 Å². The van der Waals surface area contributed by atoms with E-state index in [0.29, 0.717) is 10.2 Å². The maximum Gasteiger partial charge on any atom is 0.257 e. The van der Waals surface area contributed by atoms with Gasteiger partial charge in [-0.1, -0.05) is 6.07 Å². The number of carbonyl (C=O) groups excluding carboxylic acids is 1. The van der Waals surface area contributed by atoms with Crippen LogP contribution in [0.4, 0.5) is 15.8 Å². The first-order valence-corrected chi connectivity index (χ1v) is 6.51. The molecule has 0 atom stereocenters. The van der Waals surface area contributed by atoms with Crippen molar-refractivity contribution in [2.45, 2.75) is 0 Å². The van der Waals surface area contributed by atoms with Crippen LogP contribution in [-0.4, -0.2) is 13.0 Å². The lowest BCUT2D eigenvalue weighted by atomic mass is 10.1. The third-order valence-corrected chi connectivity index (χ3v) is 3.37. The van der Waals surface area contributed by atoms with Gasteiger partial charge in [0.15, 0.2) is 0 Å². The number of amides is 1. The van der Waals surface area contributed by atoms with Crippen LogP contribution in [0.25, 0.3) is 0 Å². The van der Waals surface area contributed by atoms with Crippen molar-refractivity contribution >= 4 is 33.2 Å². The second-order valence-corrected chi connectivity index (χ2v) is 4.86. The van der Waals surface area contributed by atoms with Gasteiger partial charge in [-0.05, 0) is 46.3 Å². The topological polar surface area (TPSA) is 64.3 Å². The van der Waals surface area contributed by atoms with Gasteiger partial charge in [0.25, 0.3) is 5.91 Å². The molecule has 104 valence electrons. The second kappa shape index (κ2) is 5.92. The average molecular weight is 339 g/mol. The van der Waals surface area contributed by atoms with Gasteiger partial charge in [0.1, 0.15) is 11.6 Å². The van der Waals surface area contributed by atoms with E-state index in [9.17, 15) is 9.18 Å². The van der Waals surface area contributed by atoms with Gasteiger partial charge in [-0.15, -0.1) is 0 Å². The molecule has 20 heavy (non-hydrogen) atoms. The Bertz CT molecular complexity index is 641. The summed E-state index contributed by atoms with van der Waals surface area (Å²) >= 11 is 3.18. The minimum absolute atomic E-state index is 0.0692. The predicted molar refractivity (Wildman–Crippen MR) is 79.5 cm³/mol. The maximum absolute atomic E-state index is 13.7. The van der Waals surface area contributed by atoms with Gasteiger partial charge in [-0.25, -0.2) is 4.39 Å². The number of methoxy groups -OCH3 is 1. The summed E-state index contributed by atoms with van der Waals surface area (Å²) in [7, 11) is 1.49. The normalized spacial score (nSPS) is 10.2. The fourth-order valence-corrected chi connectivity index (χ4v) is 2.10. The molecule has 0 aliphatic rings. The van der Waals surface area contributed by atoms with Crippen molar-refractivity contribution in [3.05, 3.63) is 52.3 Å². The molecule has 1 amide bonds. The van der Waals surface area contributed by atoms with E-state index < -0.39 is 11.7 Å². The summed E-state index contributed by atoms with van der Waals surface area (Å²) in [4.78, 5) is 12.2. The van der Waals surface area contributed by atoms with Crippen LogP contribution in [0.5, 0.6) is 5.75 Å². The number of nitrogens with one attached hydrogen (secondary N) is 1. The van der Waals surface area contributed by atoms with E-state index in [1.54, 1.807) is 18.2 Å². The maximum atomic E-state index is 13.7. The zero-order chi connectivity index (χ0) is 14.7. The Morgan fingerprint density at radius 3 is 2.75 bits per heavy atom. The molecule has 3 N–H and O–H groups in total. The van der Waals surface area contributed by atoms with Crippen LogP contribution in [0.3, 0.4) is 0 Å². The molecule has 0 saturated heterocycles. The Morgan fingerprint density at radius 1 is 1.35 bits per heavy atom. The molecule has 0 bridgehead atoms. The summed E-state index contributed by atoms with van der Waals surface area (Å²) in [5, 5.41) is 2.49. The number of ether oxygens (including phenoxy) is 1. The fourth-order valence-electron chi connectivity index (χ4n) is 1.66. The van der Waals surface area contributed by atoms with Gasteiger partial charge in [-0.3, -0.25) is 4.79 Å². The van der Waals surface area contributed by atoms with E-state index in [1.165, 1.54) is 25.3 Å². The summed E-state index contributed by atoms with van der Waals surface area (Å²) in [5.74, 6) is -0.543. The third kappa shape index (κ3) is 2.91. The number of hydrogen-bond acceptors (Lipinski definition) is 3. The fraction of sp³-hybridized carbons (Fsp3) is 0.0714. The monoisotopic (exact) mass is 338 g/mol. The highest BCUT2D eigenvalue weighted by atomic mass is 79.9. The molecule has 0 saturated carbocycles. The van der Waals surface area contributed by atoms with E-state index in [-0.39, 0.29) is 16.9 Å². The number of nitrogen functional groups attached to an aromatic ring is 1. The van der Waals surface area contributed by atoms with E-state index in [2.05, 4.69) is 21.2 Å². The van der Waals surface area contributed by atoms with Crippen LogP contribution < -0.4 is 15.8 Å². The van der Waals surface area contributed by atoms with Gasteiger partial charge in [0.2, 0.25) is 0 Å². The Morgan fingerprint density at radius 2 is 2.10 bits per heavy atom. The minimum Gasteiger partial charge on any atom is -0.497 e. The van der Waals surface area contributed by atoms with Gasteiger partial charge in [0, 0.05) is 10.2 Å². The number of nitrogens with two attached hydrogens (primary N) is 1. The van der Waals surface area contributed by atoms with Crippen molar-refractivity contribution in [1.82, 2.24) is 0 Å². The van der Waals surface area contributed by atoms with Crippen molar-refractivity contribution in [3.8, 4) is 5.75 Å². The first-order chi connectivity index (χ1) is 9.52. The Kier molecular flexibility index (Phi) is 4.24. The molecule has 6 heteroatoms. The molecular formula is C14H12BrFN2O2. The number of rotatable bonds is 3. The Hall–Kier alpha value is -2.08. The number of benzene rings is 2. The highest BCUT2D eigenvalue weighted by Gasteiger charge is 2.15. The molecule has 2 aromatic carbocycles. The molecule has 0 heterocycles. The third-order valence-electron chi connectivity index (χ3n) is 2.71. The zero-order valence-corrected chi connectivity index (χ0v) is 12.2. The lowest BCUT2D eigenvalue weighted by Crippen LogP contribution is -2.15. The first kappa shape index (κ1) is 14.3. The van der Waals surface area contributed by atoms with Crippen molar-refractivity contribution < 1.29 is 13.9 Å². The van der Waals surface area contributed by atoms with E-state index in [1.807, 2.05) is 0 Å². The lowest BCUT2D eigenvalue weighted by Gasteiger charge is -2.11. The van der Waals surface area contributed by atoms with Crippen molar-refractivity contribution in [2.24, 2.45) is 0 Å². The predicted octanol–water partition coefficient (Wildman–Crippen LogP) is 3.43. The van der Waals surface area contributed by atoms with Crippen LogP contribution in [0.1, 0.15) is 10.4 Å². The largest absolute Gasteiger partial charge is 0.497 e. The smallest absolute Gasteiger partial charge is 0.257 e. The van der Waals surface area contributed by atoms with Crippen molar-refractivity contribution in [3.63, 3.8) is 0 Å². The van der Waals surface area contributed by atoms with Gasteiger partial charge < -0.3 is 15.8 Å². The number of para-hydroxylation sites is 1. The van der Waals surface area contributed by atoms with Crippen LogP contribution in [0, 0.1) is 5.82 Å². The Balaban J connectivity index is 2.33. The molecule has 0 aliphatic carbocycles. The molecule has 0 fully saturated rings. The number of halogens is 2. The van der Waals surface area contributed by atoms with Crippen molar-refractivity contribution in [1.29, 1.82) is 0 Å². The van der Waals surface area contributed by atoms with E-state index in [4.69, 9.17) is 10.5 Å². The molecular weight excluding hydrogens is 327 g/mol. The van der Waals surface area contributed by atoms with E-state index in [0.717, 1.165) is 0 Å². The van der Waals surface area contributed by atoms with Crippen LogP contribution in [0.15, 0.2) is 40.9 Å². The number of anilines is 2.